The van der Waals surface area contributed by atoms with Crippen molar-refractivity contribution in [1.82, 2.24) is 4.98 Å². The van der Waals surface area contributed by atoms with Crippen LogP contribution >= 0.6 is 11.6 Å². The normalized spacial score (nSPS) is 27.7. The molecule has 1 aromatic heterocycles. The third kappa shape index (κ3) is 4.41. The van der Waals surface area contributed by atoms with E-state index in [1.165, 1.54) is 30.7 Å². The number of oxazole rings is 1. The zero-order valence-electron chi connectivity index (χ0n) is 20.1. The lowest BCUT2D eigenvalue weighted by atomic mass is 9.70. The highest BCUT2D eigenvalue weighted by Gasteiger charge is 2.62. The minimum Gasteiger partial charge on any atom is -0.446 e. The molecule has 2 aromatic carbocycles. The minimum atomic E-state index is -4.07. The van der Waals surface area contributed by atoms with Gasteiger partial charge in [-0.1, -0.05) is 18.5 Å². The standard InChI is InChI=1S/C26H25ClF2N2O6S/c1-13-8-15-10-17(12-18(13)26(15,34)23(32)25-30-6-7-37-25)38(35,36)22-9-14(2-4-19(22)27)24(33)31-16-3-5-20(28)21(29)11-16/h2-7,9,11,13,15,17-18,23,32,34H,8,10,12H2,1H3,(H,31,33)/t13-,15?,17?,18?,23?,26+/m0/s1. The lowest BCUT2D eigenvalue weighted by Crippen LogP contribution is -2.52. The molecule has 0 aliphatic heterocycles. The van der Waals surface area contributed by atoms with Crippen molar-refractivity contribution in [2.75, 3.05) is 5.32 Å². The van der Waals surface area contributed by atoms with E-state index in [0.717, 1.165) is 18.2 Å². The Labute approximate surface area is 222 Å². The average Bonchev–Trinajstić information content (AvgIpc) is 3.44. The second kappa shape index (κ2) is 9.71. The number of aliphatic hydroxyl groups excluding tert-OH is 1. The van der Waals surface area contributed by atoms with Gasteiger partial charge in [0.2, 0.25) is 5.89 Å². The maximum absolute atomic E-state index is 13.8. The first-order valence-electron chi connectivity index (χ1n) is 12.0. The summed E-state index contributed by atoms with van der Waals surface area (Å²) in [5.41, 5.74) is -1.65. The van der Waals surface area contributed by atoms with Crippen molar-refractivity contribution in [3.8, 4) is 0 Å². The molecule has 0 spiro atoms. The second-order valence-corrected chi connectivity index (χ2v) is 12.6. The largest absolute Gasteiger partial charge is 0.446 e. The Morgan fingerprint density at radius 3 is 2.61 bits per heavy atom. The van der Waals surface area contributed by atoms with E-state index in [9.17, 15) is 32.2 Å². The number of aromatic nitrogens is 1. The summed E-state index contributed by atoms with van der Waals surface area (Å²) in [6, 6.07) is 6.62. The van der Waals surface area contributed by atoms with Gasteiger partial charge in [0.15, 0.2) is 27.6 Å². The highest BCUT2D eigenvalue weighted by atomic mass is 35.5. The summed E-state index contributed by atoms with van der Waals surface area (Å²) >= 11 is 6.28. The number of aliphatic hydroxyl groups is 2. The van der Waals surface area contributed by atoms with Crippen LogP contribution in [0.3, 0.4) is 0 Å². The molecule has 3 N–H and O–H groups in total. The number of anilines is 1. The number of sulfone groups is 1. The number of nitrogens with zero attached hydrogens (tertiary/aromatic N) is 1. The van der Waals surface area contributed by atoms with Crippen molar-refractivity contribution >= 4 is 33.0 Å². The molecule has 2 bridgehead atoms. The molecule has 1 heterocycles. The molecule has 0 radical (unpaired) electrons. The molecular formula is C26H25ClF2N2O6S. The first kappa shape index (κ1) is 26.7. The van der Waals surface area contributed by atoms with Crippen LogP contribution in [0.2, 0.25) is 5.02 Å². The number of rotatable bonds is 6. The first-order valence-corrected chi connectivity index (χ1v) is 13.9. The monoisotopic (exact) mass is 566 g/mol. The molecule has 6 atom stereocenters. The van der Waals surface area contributed by atoms with Gasteiger partial charge in [-0.05, 0) is 67.3 Å². The van der Waals surface area contributed by atoms with Gasteiger partial charge in [-0.2, -0.15) is 0 Å². The molecule has 38 heavy (non-hydrogen) atoms. The molecule has 202 valence electrons. The first-order chi connectivity index (χ1) is 17.9. The Hall–Kier alpha value is -2.86. The molecular weight excluding hydrogens is 542 g/mol. The van der Waals surface area contributed by atoms with Crippen LogP contribution in [-0.2, 0) is 9.84 Å². The fourth-order valence-corrected chi connectivity index (χ4v) is 8.41. The molecule has 0 saturated heterocycles. The van der Waals surface area contributed by atoms with Gasteiger partial charge in [0, 0.05) is 17.3 Å². The van der Waals surface area contributed by atoms with E-state index in [1.54, 1.807) is 0 Å². The van der Waals surface area contributed by atoms with Crippen molar-refractivity contribution < 1.29 is 36.6 Å². The van der Waals surface area contributed by atoms with Crippen molar-refractivity contribution in [2.45, 2.75) is 48.0 Å². The van der Waals surface area contributed by atoms with E-state index in [2.05, 4.69) is 10.3 Å². The highest BCUT2D eigenvalue weighted by molar-refractivity contribution is 7.92. The molecule has 1 amide bonds. The van der Waals surface area contributed by atoms with Crippen LogP contribution in [0, 0.1) is 29.4 Å². The topological polar surface area (TPSA) is 130 Å². The van der Waals surface area contributed by atoms with Crippen LogP contribution < -0.4 is 5.32 Å². The molecule has 2 saturated carbocycles. The van der Waals surface area contributed by atoms with Crippen LogP contribution in [0.4, 0.5) is 14.5 Å². The molecule has 12 heteroatoms. The zero-order chi connectivity index (χ0) is 27.4. The number of hydrogen-bond donors (Lipinski definition) is 3. The van der Waals surface area contributed by atoms with Crippen molar-refractivity contribution in [1.29, 1.82) is 0 Å². The van der Waals surface area contributed by atoms with E-state index in [-0.39, 0.29) is 45.8 Å². The van der Waals surface area contributed by atoms with E-state index in [1.807, 2.05) is 6.92 Å². The van der Waals surface area contributed by atoms with Gasteiger partial charge in [-0.3, -0.25) is 4.79 Å². The fourth-order valence-electron chi connectivity index (χ4n) is 6.03. The zero-order valence-corrected chi connectivity index (χ0v) is 21.7. The number of nitrogens with one attached hydrogen (secondary N) is 1. The SMILES string of the molecule is C[C@H]1CC2CC(S(=O)(=O)c3cc(C(=O)Nc4ccc(F)c(F)c4)ccc3Cl)CC1[C@@]2(O)C(O)c1ncco1. The maximum Gasteiger partial charge on any atom is 0.255 e. The summed E-state index contributed by atoms with van der Waals surface area (Å²) in [5, 5.41) is 24.0. The molecule has 2 aliphatic rings. The average molecular weight is 567 g/mol. The molecule has 2 aliphatic carbocycles. The van der Waals surface area contributed by atoms with Gasteiger partial charge in [-0.15, -0.1) is 0 Å². The van der Waals surface area contributed by atoms with Crippen LogP contribution in [0.15, 0.2) is 58.2 Å². The number of amides is 1. The van der Waals surface area contributed by atoms with Gasteiger partial charge in [0.05, 0.1) is 21.4 Å². The Morgan fingerprint density at radius 1 is 1.18 bits per heavy atom. The Balaban J connectivity index is 1.41. The Morgan fingerprint density at radius 2 is 1.95 bits per heavy atom. The van der Waals surface area contributed by atoms with Gasteiger partial charge in [0.25, 0.3) is 5.91 Å². The van der Waals surface area contributed by atoms with E-state index < -0.39 is 56.2 Å². The van der Waals surface area contributed by atoms with Crippen LogP contribution in [0.5, 0.6) is 0 Å². The molecule has 4 unspecified atom stereocenters. The van der Waals surface area contributed by atoms with E-state index in [0.29, 0.717) is 6.42 Å². The number of benzene rings is 2. The van der Waals surface area contributed by atoms with Crippen molar-refractivity contribution in [3.05, 3.63) is 77.0 Å². The van der Waals surface area contributed by atoms with Crippen LogP contribution in [-0.4, -0.2) is 40.4 Å². The summed E-state index contributed by atoms with van der Waals surface area (Å²) in [6.07, 6.45) is 1.89. The van der Waals surface area contributed by atoms with E-state index >= 15 is 0 Å². The summed E-state index contributed by atoms with van der Waals surface area (Å²) in [4.78, 5) is 16.5. The van der Waals surface area contributed by atoms with Gasteiger partial charge in [0.1, 0.15) is 11.9 Å². The number of hydrogen-bond acceptors (Lipinski definition) is 7. The summed E-state index contributed by atoms with van der Waals surface area (Å²) in [6.45, 7) is 1.91. The lowest BCUT2D eigenvalue weighted by molar-refractivity contribution is -0.155. The van der Waals surface area contributed by atoms with Crippen LogP contribution in [0.25, 0.3) is 0 Å². The molecule has 5 rings (SSSR count). The van der Waals surface area contributed by atoms with Gasteiger partial charge in [-0.25, -0.2) is 22.2 Å². The van der Waals surface area contributed by atoms with Gasteiger partial charge < -0.3 is 19.9 Å². The van der Waals surface area contributed by atoms with Gasteiger partial charge >= 0.3 is 0 Å². The quantitative estimate of drug-likeness (QED) is 0.399. The third-order valence-electron chi connectivity index (χ3n) is 7.89. The predicted octanol–water partition coefficient (Wildman–Crippen LogP) is 4.53. The Bertz CT molecular complexity index is 1480. The molecule has 2 fully saturated rings. The number of carbonyl (C=O) groups is 1. The number of fused-ring (bicyclic) bond motifs is 2. The highest BCUT2D eigenvalue weighted by Crippen LogP contribution is 2.58. The predicted molar refractivity (Wildman–Crippen MR) is 133 cm³/mol. The van der Waals surface area contributed by atoms with E-state index in [4.69, 9.17) is 16.0 Å². The minimum absolute atomic E-state index is 0.00464. The van der Waals surface area contributed by atoms with Crippen LogP contribution in [0.1, 0.15) is 48.5 Å². The van der Waals surface area contributed by atoms with Crippen molar-refractivity contribution in [3.63, 3.8) is 0 Å². The second-order valence-electron chi connectivity index (χ2n) is 10.0. The number of carbonyl (C=O) groups excluding carboxylic acids is 1. The molecule has 3 aromatic rings. The maximum atomic E-state index is 13.8. The van der Waals surface area contributed by atoms with Crippen molar-refractivity contribution in [2.24, 2.45) is 17.8 Å². The molecule has 8 nitrogen and oxygen atoms in total. The third-order valence-corrected chi connectivity index (χ3v) is 10.5. The summed E-state index contributed by atoms with van der Waals surface area (Å²) in [5.74, 6) is -4.14. The fraction of sp³-hybridized carbons (Fsp3) is 0.385. The smallest absolute Gasteiger partial charge is 0.255 e. The Kier molecular flexibility index (Phi) is 6.83. The lowest BCUT2D eigenvalue weighted by Gasteiger charge is -2.44. The number of halogens is 3. The summed E-state index contributed by atoms with van der Waals surface area (Å²) in [7, 11) is -4.07. The summed E-state index contributed by atoms with van der Waals surface area (Å²) < 4.78 is 59.5.